The van der Waals surface area contributed by atoms with Gasteiger partial charge in [0.05, 0.1) is 16.6 Å². The lowest BCUT2D eigenvalue weighted by Crippen LogP contribution is -2.21. The van der Waals surface area contributed by atoms with Gasteiger partial charge in [-0.3, -0.25) is 0 Å². The lowest BCUT2D eigenvalue weighted by atomic mass is 10.0. The van der Waals surface area contributed by atoms with E-state index in [0.29, 0.717) is 0 Å². The van der Waals surface area contributed by atoms with Crippen LogP contribution in [0.1, 0.15) is 34.7 Å². The fourth-order valence-corrected chi connectivity index (χ4v) is 2.58. The van der Waals surface area contributed by atoms with E-state index in [1.165, 1.54) is 27.5 Å². The number of hydrogen-bond acceptors (Lipinski definition) is 4. The molecule has 0 bridgehead atoms. The van der Waals surface area contributed by atoms with Crippen molar-refractivity contribution in [2.45, 2.75) is 26.8 Å². The Morgan fingerprint density at radius 3 is 2.47 bits per heavy atom. The van der Waals surface area contributed by atoms with Crippen LogP contribution in [0.25, 0.3) is 0 Å². The number of nitrogens with one attached hydrogen (secondary N) is 1. The first kappa shape index (κ1) is 12.2. The molecule has 0 radical (unpaired) electrons. The van der Waals surface area contributed by atoms with Crippen LogP contribution in [0, 0.1) is 13.8 Å². The van der Waals surface area contributed by atoms with E-state index in [1.807, 2.05) is 6.92 Å². The number of aryl methyl sites for hydroxylation is 2. The van der Waals surface area contributed by atoms with Crippen molar-refractivity contribution in [3.05, 3.63) is 46.0 Å². The van der Waals surface area contributed by atoms with Crippen molar-refractivity contribution in [1.29, 1.82) is 0 Å². The van der Waals surface area contributed by atoms with Gasteiger partial charge < -0.3 is 5.32 Å². The second-order valence-corrected chi connectivity index (χ2v) is 4.91. The highest BCUT2D eigenvalue weighted by atomic mass is 32.1. The molecule has 2 rings (SSSR count). The van der Waals surface area contributed by atoms with Crippen LogP contribution >= 0.6 is 11.5 Å². The Balaban J connectivity index is 2.35. The first-order valence-corrected chi connectivity index (χ1v) is 6.58. The molecule has 1 N–H and O–H groups in total. The van der Waals surface area contributed by atoms with Gasteiger partial charge in [0.2, 0.25) is 0 Å². The maximum Gasteiger partial charge on any atom is 0.0776 e. The third-order valence-electron chi connectivity index (χ3n) is 2.77. The van der Waals surface area contributed by atoms with E-state index >= 15 is 0 Å². The second kappa shape index (κ2) is 5.38. The van der Waals surface area contributed by atoms with Crippen LogP contribution in [0.4, 0.5) is 0 Å². The molecule has 0 aliphatic heterocycles. The lowest BCUT2D eigenvalue weighted by Gasteiger charge is -2.17. The molecule has 17 heavy (non-hydrogen) atoms. The number of nitrogens with zero attached hydrogens (tertiary/aromatic N) is 2. The molecule has 3 nitrogen and oxygen atoms in total. The molecule has 4 heteroatoms. The van der Waals surface area contributed by atoms with E-state index in [2.05, 4.69) is 53.0 Å². The Morgan fingerprint density at radius 1 is 1.24 bits per heavy atom. The summed E-state index contributed by atoms with van der Waals surface area (Å²) in [7, 11) is 0. The van der Waals surface area contributed by atoms with Gasteiger partial charge in [0, 0.05) is 0 Å². The van der Waals surface area contributed by atoms with Crippen LogP contribution in [0.3, 0.4) is 0 Å². The Morgan fingerprint density at radius 2 is 1.94 bits per heavy atom. The Labute approximate surface area is 106 Å². The molecule has 2 aromatic rings. The Kier molecular flexibility index (Phi) is 3.86. The number of aromatic nitrogens is 2. The van der Waals surface area contributed by atoms with Crippen LogP contribution in [-0.2, 0) is 0 Å². The van der Waals surface area contributed by atoms with E-state index in [9.17, 15) is 0 Å². The van der Waals surface area contributed by atoms with Gasteiger partial charge in [-0.25, -0.2) is 0 Å². The Hall–Kier alpha value is -1.26. The lowest BCUT2D eigenvalue weighted by molar-refractivity contribution is 0.635. The van der Waals surface area contributed by atoms with Gasteiger partial charge in [0.25, 0.3) is 0 Å². The number of hydrogen-bond donors (Lipinski definition) is 1. The van der Waals surface area contributed by atoms with E-state index in [0.717, 1.165) is 12.2 Å². The van der Waals surface area contributed by atoms with Crippen LogP contribution in [-0.4, -0.2) is 16.1 Å². The monoisotopic (exact) mass is 247 g/mol. The van der Waals surface area contributed by atoms with Crippen molar-refractivity contribution in [2.75, 3.05) is 6.54 Å². The van der Waals surface area contributed by atoms with Crippen molar-refractivity contribution in [2.24, 2.45) is 0 Å². The van der Waals surface area contributed by atoms with Crippen molar-refractivity contribution in [3.8, 4) is 0 Å². The third kappa shape index (κ3) is 2.70. The molecule has 0 fully saturated rings. The zero-order valence-electron chi connectivity index (χ0n) is 10.4. The standard InChI is InChI=1S/C13H17N3S/c1-4-14-12(13-10(3)15-16-17-13)11-7-5-9(2)6-8-11/h5-8,12,14H,4H2,1-3H3. The minimum Gasteiger partial charge on any atom is -0.306 e. The summed E-state index contributed by atoms with van der Waals surface area (Å²) in [6.45, 7) is 7.16. The molecule has 1 aromatic heterocycles. The molecule has 90 valence electrons. The summed E-state index contributed by atoms with van der Waals surface area (Å²) in [5.41, 5.74) is 3.57. The normalized spacial score (nSPS) is 12.6. The van der Waals surface area contributed by atoms with Crippen molar-refractivity contribution >= 4 is 11.5 Å². The summed E-state index contributed by atoms with van der Waals surface area (Å²) in [5, 5.41) is 7.58. The molecular formula is C13H17N3S. The van der Waals surface area contributed by atoms with Gasteiger partial charge in [-0.15, -0.1) is 5.10 Å². The molecule has 1 atom stereocenters. The van der Waals surface area contributed by atoms with Gasteiger partial charge >= 0.3 is 0 Å². The van der Waals surface area contributed by atoms with Gasteiger partial charge in [0.15, 0.2) is 0 Å². The molecule has 0 saturated heterocycles. The highest BCUT2D eigenvalue weighted by molar-refractivity contribution is 7.05. The van der Waals surface area contributed by atoms with Crippen molar-refractivity contribution < 1.29 is 0 Å². The highest BCUT2D eigenvalue weighted by Crippen LogP contribution is 2.26. The molecule has 1 unspecified atom stereocenters. The number of rotatable bonds is 4. The zero-order valence-corrected chi connectivity index (χ0v) is 11.2. The van der Waals surface area contributed by atoms with E-state index in [4.69, 9.17) is 0 Å². The molecule has 0 amide bonds. The summed E-state index contributed by atoms with van der Waals surface area (Å²) >= 11 is 1.47. The molecule has 1 heterocycles. The topological polar surface area (TPSA) is 37.8 Å². The highest BCUT2D eigenvalue weighted by Gasteiger charge is 2.17. The van der Waals surface area contributed by atoms with E-state index < -0.39 is 0 Å². The third-order valence-corrected chi connectivity index (χ3v) is 3.66. The van der Waals surface area contributed by atoms with Crippen LogP contribution in [0.15, 0.2) is 24.3 Å². The molecule has 0 saturated carbocycles. The smallest absolute Gasteiger partial charge is 0.0776 e. The molecule has 0 spiro atoms. The first-order chi connectivity index (χ1) is 8.22. The average molecular weight is 247 g/mol. The van der Waals surface area contributed by atoms with Crippen molar-refractivity contribution in [3.63, 3.8) is 0 Å². The summed E-state index contributed by atoms with van der Waals surface area (Å²) in [6, 6.07) is 8.83. The van der Waals surface area contributed by atoms with E-state index in [1.54, 1.807) is 0 Å². The Bertz CT molecular complexity index is 476. The number of benzene rings is 1. The van der Waals surface area contributed by atoms with Gasteiger partial charge in [-0.05, 0) is 37.5 Å². The second-order valence-electron chi connectivity index (χ2n) is 4.12. The SMILES string of the molecule is CCNC(c1ccc(C)cc1)c1snnc1C. The van der Waals surface area contributed by atoms with Crippen LogP contribution in [0.5, 0.6) is 0 Å². The average Bonchev–Trinajstić information content (AvgIpc) is 2.74. The largest absolute Gasteiger partial charge is 0.306 e. The quantitative estimate of drug-likeness (QED) is 0.902. The fraction of sp³-hybridized carbons (Fsp3) is 0.385. The maximum absolute atomic E-state index is 4.09. The first-order valence-electron chi connectivity index (χ1n) is 5.81. The predicted octanol–water partition coefficient (Wildman–Crippen LogP) is 2.85. The summed E-state index contributed by atoms with van der Waals surface area (Å²) in [5.74, 6) is 0. The van der Waals surface area contributed by atoms with Crippen molar-refractivity contribution in [1.82, 2.24) is 14.9 Å². The van der Waals surface area contributed by atoms with Gasteiger partial charge in [-0.1, -0.05) is 41.2 Å². The summed E-state index contributed by atoms with van der Waals surface area (Å²) in [6.07, 6.45) is 0. The zero-order chi connectivity index (χ0) is 12.3. The maximum atomic E-state index is 4.09. The van der Waals surface area contributed by atoms with Gasteiger partial charge in [0.1, 0.15) is 0 Å². The fourth-order valence-electron chi connectivity index (χ4n) is 1.83. The minimum absolute atomic E-state index is 0.209. The molecule has 0 aliphatic rings. The van der Waals surface area contributed by atoms with Crippen LogP contribution in [0.2, 0.25) is 0 Å². The van der Waals surface area contributed by atoms with Gasteiger partial charge in [-0.2, -0.15) is 0 Å². The van der Waals surface area contributed by atoms with E-state index in [-0.39, 0.29) is 6.04 Å². The predicted molar refractivity (Wildman–Crippen MR) is 71.3 cm³/mol. The summed E-state index contributed by atoms with van der Waals surface area (Å²) in [4.78, 5) is 1.20. The molecule has 1 aromatic carbocycles. The summed E-state index contributed by atoms with van der Waals surface area (Å²) < 4.78 is 4.02. The molecular weight excluding hydrogens is 230 g/mol. The van der Waals surface area contributed by atoms with Crippen LogP contribution < -0.4 is 5.32 Å². The molecule has 0 aliphatic carbocycles. The minimum atomic E-state index is 0.209.